The van der Waals surface area contributed by atoms with Gasteiger partial charge in [-0.25, -0.2) is 4.39 Å². The van der Waals surface area contributed by atoms with Crippen LogP contribution in [0.15, 0.2) is 24.3 Å². The summed E-state index contributed by atoms with van der Waals surface area (Å²) in [4.78, 5) is 0. The van der Waals surface area contributed by atoms with Crippen molar-refractivity contribution in [2.24, 2.45) is 5.92 Å². The molecule has 3 atom stereocenters. The second kappa shape index (κ2) is 7.49. The second-order valence-electron chi connectivity index (χ2n) is 5.09. The zero-order chi connectivity index (χ0) is 13.5. The molecule has 0 bridgehead atoms. The van der Waals surface area contributed by atoms with Crippen LogP contribution >= 0.6 is 0 Å². The Morgan fingerprint density at radius 3 is 2.39 bits per heavy atom. The van der Waals surface area contributed by atoms with Crippen molar-refractivity contribution in [1.82, 2.24) is 5.32 Å². The van der Waals surface area contributed by atoms with Gasteiger partial charge in [0.05, 0.1) is 6.10 Å². The molecule has 0 spiro atoms. The lowest BCUT2D eigenvalue weighted by molar-refractivity contribution is 0.110. The van der Waals surface area contributed by atoms with Crippen LogP contribution in [0.25, 0.3) is 0 Å². The van der Waals surface area contributed by atoms with Crippen molar-refractivity contribution >= 4 is 0 Å². The van der Waals surface area contributed by atoms with E-state index in [9.17, 15) is 9.50 Å². The number of benzene rings is 1. The normalized spacial score (nSPS) is 16.3. The third kappa shape index (κ3) is 5.15. The number of aliphatic hydroxyl groups is 1. The molecule has 0 aromatic heterocycles. The lowest BCUT2D eigenvalue weighted by atomic mass is 10.0. The van der Waals surface area contributed by atoms with Crippen molar-refractivity contribution in [2.45, 2.75) is 45.8 Å². The molecular formula is C15H24FNO. The first-order chi connectivity index (χ1) is 8.52. The summed E-state index contributed by atoms with van der Waals surface area (Å²) in [6.07, 6.45) is 1.52. The lowest BCUT2D eigenvalue weighted by Gasteiger charge is -2.21. The first kappa shape index (κ1) is 15.1. The summed E-state index contributed by atoms with van der Waals surface area (Å²) in [6.45, 7) is 6.82. The van der Waals surface area contributed by atoms with Gasteiger partial charge in [0.1, 0.15) is 5.82 Å². The van der Waals surface area contributed by atoms with Gasteiger partial charge in [-0.3, -0.25) is 0 Å². The summed E-state index contributed by atoms with van der Waals surface area (Å²) in [5.74, 6) is 0.113. The standard InChI is InChI=1S/C15H24FNO/c1-4-11(2)15(18)10-17-12(3)9-13-5-7-14(16)8-6-13/h5-8,11-12,15,17-18H,4,9-10H2,1-3H3. The van der Waals surface area contributed by atoms with Crippen molar-refractivity contribution < 1.29 is 9.50 Å². The van der Waals surface area contributed by atoms with Crippen LogP contribution < -0.4 is 5.32 Å². The quantitative estimate of drug-likeness (QED) is 0.783. The number of hydrogen-bond acceptors (Lipinski definition) is 2. The minimum absolute atomic E-state index is 0.202. The Balaban J connectivity index is 2.33. The zero-order valence-electron chi connectivity index (χ0n) is 11.5. The van der Waals surface area contributed by atoms with Crippen LogP contribution in [-0.4, -0.2) is 23.8 Å². The van der Waals surface area contributed by atoms with E-state index < -0.39 is 0 Å². The van der Waals surface area contributed by atoms with Gasteiger partial charge in [-0.05, 0) is 37.0 Å². The average Bonchev–Trinajstić information content (AvgIpc) is 2.37. The van der Waals surface area contributed by atoms with Gasteiger partial charge in [0.2, 0.25) is 0 Å². The molecule has 0 aliphatic rings. The molecule has 3 unspecified atom stereocenters. The van der Waals surface area contributed by atoms with Crippen LogP contribution in [0.2, 0.25) is 0 Å². The minimum atomic E-state index is -0.300. The second-order valence-corrected chi connectivity index (χ2v) is 5.09. The SMILES string of the molecule is CCC(C)C(O)CNC(C)Cc1ccc(F)cc1. The monoisotopic (exact) mass is 253 g/mol. The summed E-state index contributed by atoms with van der Waals surface area (Å²) in [5, 5.41) is 13.2. The number of rotatable bonds is 7. The fourth-order valence-electron chi connectivity index (χ4n) is 1.84. The molecule has 0 aliphatic heterocycles. The highest BCUT2D eigenvalue weighted by Gasteiger charge is 2.13. The van der Waals surface area contributed by atoms with E-state index in [4.69, 9.17) is 0 Å². The van der Waals surface area contributed by atoms with Gasteiger partial charge in [-0.15, -0.1) is 0 Å². The van der Waals surface area contributed by atoms with E-state index >= 15 is 0 Å². The van der Waals surface area contributed by atoms with Crippen molar-refractivity contribution in [2.75, 3.05) is 6.54 Å². The Morgan fingerprint density at radius 2 is 1.83 bits per heavy atom. The summed E-state index contributed by atoms with van der Waals surface area (Å²) in [6, 6.07) is 6.85. The Bertz CT molecular complexity index is 339. The first-order valence-corrected chi connectivity index (χ1v) is 6.68. The molecule has 18 heavy (non-hydrogen) atoms. The summed E-state index contributed by atoms with van der Waals surface area (Å²) in [7, 11) is 0. The molecule has 0 amide bonds. The van der Waals surface area contributed by atoms with Crippen LogP contribution in [-0.2, 0) is 6.42 Å². The van der Waals surface area contributed by atoms with Crippen LogP contribution in [0, 0.1) is 11.7 Å². The predicted molar refractivity (Wildman–Crippen MR) is 73.0 cm³/mol. The fourth-order valence-corrected chi connectivity index (χ4v) is 1.84. The number of halogens is 1. The minimum Gasteiger partial charge on any atom is -0.392 e. The highest BCUT2D eigenvalue weighted by atomic mass is 19.1. The highest BCUT2D eigenvalue weighted by molar-refractivity contribution is 5.16. The maximum Gasteiger partial charge on any atom is 0.123 e. The van der Waals surface area contributed by atoms with Crippen LogP contribution in [0.4, 0.5) is 4.39 Å². The van der Waals surface area contributed by atoms with Crippen LogP contribution in [0.3, 0.4) is 0 Å². The third-order valence-electron chi connectivity index (χ3n) is 3.43. The van der Waals surface area contributed by atoms with E-state index in [0.717, 1.165) is 18.4 Å². The summed E-state index contributed by atoms with van der Waals surface area (Å²) < 4.78 is 12.8. The van der Waals surface area contributed by atoms with Gasteiger partial charge in [0.15, 0.2) is 0 Å². The van der Waals surface area contributed by atoms with Gasteiger partial charge >= 0.3 is 0 Å². The Kier molecular flexibility index (Phi) is 6.30. The smallest absolute Gasteiger partial charge is 0.123 e. The van der Waals surface area contributed by atoms with Gasteiger partial charge in [-0.2, -0.15) is 0 Å². The summed E-state index contributed by atoms with van der Waals surface area (Å²) in [5.41, 5.74) is 1.11. The fraction of sp³-hybridized carbons (Fsp3) is 0.600. The third-order valence-corrected chi connectivity index (χ3v) is 3.43. The van der Waals surface area contributed by atoms with Crippen LogP contribution in [0.5, 0.6) is 0 Å². The van der Waals surface area contributed by atoms with E-state index in [-0.39, 0.29) is 18.0 Å². The molecule has 1 rings (SSSR count). The molecule has 2 N–H and O–H groups in total. The highest BCUT2D eigenvalue weighted by Crippen LogP contribution is 2.08. The molecule has 2 nitrogen and oxygen atoms in total. The van der Waals surface area contributed by atoms with E-state index in [1.54, 1.807) is 12.1 Å². The molecule has 1 aromatic rings. The molecule has 0 fully saturated rings. The molecule has 0 radical (unpaired) electrons. The lowest BCUT2D eigenvalue weighted by Crippen LogP contribution is -2.37. The van der Waals surface area contributed by atoms with E-state index in [1.807, 2.05) is 0 Å². The summed E-state index contributed by atoms with van der Waals surface area (Å²) >= 11 is 0. The topological polar surface area (TPSA) is 32.3 Å². The van der Waals surface area contributed by atoms with Crippen molar-refractivity contribution in [3.8, 4) is 0 Å². The Morgan fingerprint density at radius 1 is 1.22 bits per heavy atom. The molecule has 102 valence electrons. The molecule has 0 heterocycles. The maximum absolute atomic E-state index is 12.8. The number of aliphatic hydroxyl groups excluding tert-OH is 1. The largest absolute Gasteiger partial charge is 0.392 e. The predicted octanol–water partition coefficient (Wildman–Crippen LogP) is 2.75. The maximum atomic E-state index is 12.8. The molecule has 0 saturated heterocycles. The Hall–Kier alpha value is -0.930. The Labute approximate surface area is 109 Å². The molecular weight excluding hydrogens is 229 g/mol. The van der Waals surface area contributed by atoms with Gasteiger partial charge in [0.25, 0.3) is 0 Å². The molecule has 3 heteroatoms. The number of hydrogen-bond donors (Lipinski definition) is 2. The van der Waals surface area contributed by atoms with Crippen molar-refractivity contribution in [1.29, 1.82) is 0 Å². The van der Waals surface area contributed by atoms with Gasteiger partial charge in [0, 0.05) is 12.6 Å². The molecule has 0 aliphatic carbocycles. The molecule has 1 aromatic carbocycles. The van der Waals surface area contributed by atoms with Crippen LogP contribution in [0.1, 0.15) is 32.8 Å². The van der Waals surface area contributed by atoms with Gasteiger partial charge in [-0.1, -0.05) is 32.4 Å². The van der Waals surface area contributed by atoms with Crippen molar-refractivity contribution in [3.63, 3.8) is 0 Å². The zero-order valence-corrected chi connectivity index (χ0v) is 11.5. The van der Waals surface area contributed by atoms with Gasteiger partial charge < -0.3 is 10.4 Å². The van der Waals surface area contributed by atoms with Crippen molar-refractivity contribution in [3.05, 3.63) is 35.6 Å². The molecule has 0 saturated carbocycles. The van der Waals surface area contributed by atoms with E-state index in [2.05, 4.69) is 26.1 Å². The number of nitrogens with one attached hydrogen (secondary N) is 1. The van der Waals surface area contributed by atoms with E-state index in [1.165, 1.54) is 12.1 Å². The average molecular weight is 253 g/mol. The first-order valence-electron chi connectivity index (χ1n) is 6.68. The van der Waals surface area contributed by atoms with E-state index in [0.29, 0.717) is 12.5 Å².